The summed E-state index contributed by atoms with van der Waals surface area (Å²) in [5, 5.41) is 1.88. The summed E-state index contributed by atoms with van der Waals surface area (Å²) in [4.78, 5) is 4.81. The second-order valence-electron chi connectivity index (χ2n) is 19.0. The molecule has 11 aromatic rings. The Morgan fingerprint density at radius 2 is 1.26 bits per heavy atom. The number of aryl methyl sites for hydroxylation is 2. The quantitative estimate of drug-likeness (QED) is 0.112. The van der Waals surface area contributed by atoms with Gasteiger partial charge in [0, 0.05) is 52.5 Å². The number of benzene rings is 8. The number of fused-ring (bicyclic) bond motifs is 4. The first-order chi connectivity index (χ1) is 39.9. The first-order valence-electron chi connectivity index (χ1n) is 30.5. The van der Waals surface area contributed by atoms with E-state index in [0.29, 0.717) is 22.6 Å². The molecule has 3 heterocycles. The molecule has 0 saturated carbocycles. The van der Waals surface area contributed by atoms with E-state index in [-0.39, 0.29) is 99.1 Å². The van der Waals surface area contributed by atoms with Gasteiger partial charge in [-0.05, 0) is 116 Å². The van der Waals surface area contributed by atoms with Crippen molar-refractivity contribution < 1.29 is 52.3 Å². The van der Waals surface area contributed by atoms with Gasteiger partial charge in [-0.25, -0.2) is 4.98 Å². The molecule has 0 aliphatic carbocycles. The zero-order chi connectivity index (χ0) is 61.3. The zero-order valence-corrected chi connectivity index (χ0v) is 41.3. The van der Waals surface area contributed by atoms with Gasteiger partial charge in [0.25, 0.3) is 6.33 Å². The molecule has 0 aliphatic heterocycles. The number of rotatable bonds is 8. The summed E-state index contributed by atoms with van der Waals surface area (Å²) in [6.45, 7) is 6.46. The standard InChI is InChI=1S/C64H54N4O.Pt/c1-42-19-17-20-43(2)61(42)46-29-32-57-59(35-46)66(41-67(57)62-54(44-21-11-9-12-22-44)36-48(64(6,7)8)37-55(62)45-23-13-10-14-24-45)49-25-18-26-50(39-49)69-51-30-31-53-52-27-15-16-28-56(52)68(58(53)40-51)60-38-47(33-34-65-60)63(3,4)5;/h9-38H,1-8H3;/q-2;/i1D3,2D3,9D,10D,11D,12D,13D,14D,21D,22D,23D,24D;. The van der Waals surface area contributed by atoms with Crippen molar-refractivity contribution in [2.24, 2.45) is 0 Å². The Morgan fingerprint density at radius 3 is 1.93 bits per heavy atom. The molecule has 0 unspecified atom stereocenters. The molecule has 0 N–H and O–H groups in total. The maximum Gasteiger partial charge on any atom is 0.268 e. The van der Waals surface area contributed by atoms with Crippen molar-refractivity contribution in [3.05, 3.63) is 223 Å². The molecule has 348 valence electrons. The van der Waals surface area contributed by atoms with Gasteiger partial charge in [0.05, 0.1) is 30.4 Å². The number of nitrogens with zero attached hydrogens (tertiary/aromatic N) is 4. The maximum atomic E-state index is 9.38. The van der Waals surface area contributed by atoms with Crippen LogP contribution in [-0.4, -0.2) is 14.1 Å². The summed E-state index contributed by atoms with van der Waals surface area (Å²) in [5.74, 6) is 1.21. The van der Waals surface area contributed by atoms with E-state index in [1.165, 1.54) is 28.8 Å². The van der Waals surface area contributed by atoms with Crippen molar-refractivity contribution in [3.63, 3.8) is 0 Å². The number of ether oxygens (including phenoxy) is 1. The van der Waals surface area contributed by atoms with Gasteiger partial charge in [0.2, 0.25) is 0 Å². The molecule has 0 spiro atoms. The molecule has 8 aromatic carbocycles. The van der Waals surface area contributed by atoms with Gasteiger partial charge in [-0.1, -0.05) is 168 Å². The van der Waals surface area contributed by atoms with Crippen molar-refractivity contribution in [3.8, 4) is 62.1 Å². The summed E-state index contributed by atoms with van der Waals surface area (Å²) in [7, 11) is 0. The van der Waals surface area contributed by atoms with Crippen LogP contribution in [0.5, 0.6) is 11.5 Å². The number of imidazole rings is 1. The van der Waals surface area contributed by atoms with E-state index in [1.807, 2.05) is 61.7 Å². The van der Waals surface area contributed by atoms with Gasteiger partial charge in [0.15, 0.2) is 0 Å². The predicted molar refractivity (Wildman–Crippen MR) is 283 cm³/mol. The molecule has 6 heteroatoms. The van der Waals surface area contributed by atoms with Crippen LogP contribution in [0.4, 0.5) is 0 Å². The SMILES string of the molecule is [2H]c1c([2H])c([2H])c(-c2cc(C(C)(C)C)cc(-c3c([2H])c([2H])c([2H])c([2H])c3[2H])c2-[n+]2[c-]n(-c3[c-]c(Oc4[c-]c5c(cc4)c4ccccc4n5-c4cc(C(C)(C)C)ccn4)ccc3)c3cc(-c4c(C([2H])([2H])[2H])cccc4C([2H])([2H])[2H])ccc32)c([2H])c1[2H].[Pt]. The number of hydrogen-bond acceptors (Lipinski definition) is 2. The Labute approximate surface area is 448 Å². The van der Waals surface area contributed by atoms with Crippen LogP contribution in [0.25, 0.3) is 83.4 Å². The van der Waals surface area contributed by atoms with Crippen LogP contribution in [0, 0.1) is 32.2 Å². The van der Waals surface area contributed by atoms with Crippen molar-refractivity contribution in [2.45, 2.75) is 66.1 Å². The molecule has 0 amide bonds. The summed E-state index contributed by atoms with van der Waals surface area (Å²) in [6, 6.07) is 33.6. The Balaban J connectivity index is 0.00000820. The first kappa shape index (κ1) is 31.0. The fourth-order valence-corrected chi connectivity index (χ4v) is 8.85. The van der Waals surface area contributed by atoms with E-state index in [1.54, 1.807) is 59.3 Å². The monoisotopic (exact) mass is 1110 g/mol. The summed E-state index contributed by atoms with van der Waals surface area (Å²) in [5.41, 5.74) is 2.14. The van der Waals surface area contributed by atoms with Crippen molar-refractivity contribution in [1.82, 2.24) is 14.1 Å². The smallest absolute Gasteiger partial charge is 0.268 e. The van der Waals surface area contributed by atoms with Crippen LogP contribution in [0.1, 0.15) is 85.7 Å². The minimum atomic E-state index is -2.78. The molecular weight excluding hydrogens is 1040 g/mol. The van der Waals surface area contributed by atoms with Gasteiger partial charge < -0.3 is 13.9 Å². The fraction of sp³-hybridized carbons (Fsp3) is 0.156. The van der Waals surface area contributed by atoms with E-state index in [0.717, 1.165) is 21.9 Å². The molecule has 0 fully saturated rings. The largest absolute Gasteiger partial charge is 0.510 e. The van der Waals surface area contributed by atoms with E-state index in [9.17, 15) is 5.48 Å². The van der Waals surface area contributed by atoms with Crippen LogP contribution in [0.2, 0.25) is 0 Å². The van der Waals surface area contributed by atoms with E-state index in [4.69, 9.17) is 26.2 Å². The molecule has 11 rings (SSSR count). The Hall–Kier alpha value is -7.33. The molecule has 0 aliphatic rings. The number of para-hydroxylation sites is 1. The zero-order valence-electron chi connectivity index (χ0n) is 55.1. The number of pyridine rings is 1. The number of hydrogen-bond donors (Lipinski definition) is 0. The third-order valence-corrected chi connectivity index (χ3v) is 12.4. The molecule has 5 nitrogen and oxygen atoms in total. The number of aromatic nitrogens is 4. The third-order valence-electron chi connectivity index (χ3n) is 12.4. The van der Waals surface area contributed by atoms with Crippen LogP contribution in [0.15, 0.2) is 182 Å². The second kappa shape index (κ2) is 18.2. The molecule has 0 saturated heterocycles. The molecule has 70 heavy (non-hydrogen) atoms. The average Bonchev–Trinajstić information content (AvgIpc) is 1.60. The van der Waals surface area contributed by atoms with Crippen LogP contribution >= 0.6 is 0 Å². The third kappa shape index (κ3) is 8.47. The van der Waals surface area contributed by atoms with E-state index in [2.05, 4.69) is 45.3 Å². The van der Waals surface area contributed by atoms with Gasteiger partial charge in [0.1, 0.15) is 5.82 Å². The van der Waals surface area contributed by atoms with E-state index < -0.39 is 79.5 Å². The molecular formula is C64H54N4OPt-2. The average molecular weight is 1110 g/mol. The normalized spacial score (nSPS) is 15.5. The van der Waals surface area contributed by atoms with Gasteiger partial charge in [-0.15, -0.1) is 29.7 Å². The maximum absolute atomic E-state index is 9.38. The topological polar surface area (TPSA) is 35.9 Å². The minimum absolute atomic E-state index is 0. The van der Waals surface area contributed by atoms with Crippen molar-refractivity contribution in [1.29, 1.82) is 0 Å². The summed E-state index contributed by atoms with van der Waals surface area (Å²) >= 11 is 0. The van der Waals surface area contributed by atoms with Crippen molar-refractivity contribution in [2.75, 3.05) is 0 Å². The van der Waals surface area contributed by atoms with Crippen LogP contribution in [0.3, 0.4) is 0 Å². The van der Waals surface area contributed by atoms with E-state index >= 15 is 0 Å². The Morgan fingerprint density at radius 1 is 0.600 bits per heavy atom. The van der Waals surface area contributed by atoms with Gasteiger partial charge in [-0.3, -0.25) is 4.57 Å². The fourth-order valence-electron chi connectivity index (χ4n) is 8.85. The Bertz CT molecular complexity index is 4410. The minimum Gasteiger partial charge on any atom is -0.510 e. The second-order valence-corrected chi connectivity index (χ2v) is 19.0. The predicted octanol–water partition coefficient (Wildman–Crippen LogP) is 15.8. The van der Waals surface area contributed by atoms with Crippen molar-refractivity contribution >= 4 is 32.8 Å². The Kier molecular flexibility index (Phi) is 8.06. The molecule has 3 aromatic heterocycles. The van der Waals surface area contributed by atoms with Gasteiger partial charge in [-0.2, -0.15) is 18.2 Å². The van der Waals surface area contributed by atoms with Crippen LogP contribution in [-0.2, 0) is 31.9 Å². The molecule has 0 bridgehead atoms. The summed E-state index contributed by atoms with van der Waals surface area (Å²) in [6.07, 6.45) is 5.19. The summed E-state index contributed by atoms with van der Waals surface area (Å²) < 4.78 is 153. The molecule has 0 atom stereocenters. The first-order valence-corrected chi connectivity index (χ1v) is 22.5. The van der Waals surface area contributed by atoms with Crippen LogP contribution < -0.4 is 9.30 Å². The molecule has 0 radical (unpaired) electrons. The van der Waals surface area contributed by atoms with Gasteiger partial charge >= 0.3 is 0 Å².